The number of esters is 3. The number of rotatable bonds is 53. The minimum absolute atomic E-state index is 0.0634. The van der Waals surface area contributed by atoms with Crippen LogP contribution in [0, 0.1) is 17.8 Å². The predicted octanol–water partition coefficient (Wildman–Crippen LogP) is 19.5. The molecular formula is C60H116O6. The highest BCUT2D eigenvalue weighted by molar-refractivity contribution is 5.71. The fraction of sp³-hybridized carbons (Fsp3) is 0.950. The zero-order valence-corrected chi connectivity index (χ0v) is 45.5. The van der Waals surface area contributed by atoms with E-state index < -0.39 is 6.10 Å². The Morgan fingerprint density at radius 2 is 0.530 bits per heavy atom. The van der Waals surface area contributed by atoms with Crippen molar-refractivity contribution < 1.29 is 28.6 Å². The molecule has 0 bridgehead atoms. The molecule has 6 heteroatoms. The summed E-state index contributed by atoms with van der Waals surface area (Å²) in [4.78, 5) is 38.2. The Morgan fingerprint density at radius 3 is 0.788 bits per heavy atom. The van der Waals surface area contributed by atoms with Crippen LogP contribution in [0.5, 0.6) is 0 Å². The molecule has 0 aliphatic rings. The van der Waals surface area contributed by atoms with Gasteiger partial charge < -0.3 is 14.2 Å². The van der Waals surface area contributed by atoms with Crippen LogP contribution in [-0.2, 0) is 28.6 Å². The van der Waals surface area contributed by atoms with E-state index in [9.17, 15) is 14.4 Å². The molecule has 0 spiro atoms. The number of ether oxygens (including phenoxy) is 3. The highest BCUT2D eigenvalue weighted by Crippen LogP contribution is 2.19. The summed E-state index contributed by atoms with van der Waals surface area (Å²) in [6, 6.07) is 0. The number of unbranched alkanes of at least 4 members (excludes halogenated alkanes) is 35. The summed E-state index contributed by atoms with van der Waals surface area (Å²) < 4.78 is 16.9. The summed E-state index contributed by atoms with van der Waals surface area (Å²) in [5, 5.41) is 0. The van der Waals surface area contributed by atoms with Gasteiger partial charge in [-0.2, -0.15) is 0 Å². The van der Waals surface area contributed by atoms with Gasteiger partial charge in [0.1, 0.15) is 13.2 Å². The molecule has 1 unspecified atom stereocenters. The van der Waals surface area contributed by atoms with Crippen molar-refractivity contribution in [1.29, 1.82) is 0 Å². The van der Waals surface area contributed by atoms with Gasteiger partial charge in [0.05, 0.1) is 0 Å². The zero-order chi connectivity index (χ0) is 48.4. The van der Waals surface area contributed by atoms with Crippen molar-refractivity contribution >= 4 is 17.9 Å². The van der Waals surface area contributed by atoms with Gasteiger partial charge in [-0.3, -0.25) is 14.4 Å². The SMILES string of the molecule is CCC(C)CCCCCCCCCCCCCCCCC(=O)O[C@@H](COC(=O)CCCCCCCCCCCCCCCC(C)C)COC(=O)CCCCCCCCCCCCCC(C)C. The van der Waals surface area contributed by atoms with Crippen molar-refractivity contribution in [2.75, 3.05) is 13.2 Å². The molecule has 0 N–H and O–H groups in total. The smallest absolute Gasteiger partial charge is 0.306 e. The molecule has 0 aromatic rings. The van der Waals surface area contributed by atoms with E-state index >= 15 is 0 Å². The predicted molar refractivity (Wildman–Crippen MR) is 284 cm³/mol. The van der Waals surface area contributed by atoms with Crippen molar-refractivity contribution in [1.82, 2.24) is 0 Å². The van der Waals surface area contributed by atoms with Gasteiger partial charge >= 0.3 is 17.9 Å². The third kappa shape index (κ3) is 51.8. The Bertz CT molecular complexity index is 1020. The molecule has 0 amide bonds. The van der Waals surface area contributed by atoms with Crippen LogP contribution in [0.2, 0.25) is 0 Å². The Balaban J connectivity index is 4.31. The zero-order valence-electron chi connectivity index (χ0n) is 45.5. The molecule has 0 aliphatic heterocycles. The van der Waals surface area contributed by atoms with Crippen LogP contribution >= 0.6 is 0 Å². The van der Waals surface area contributed by atoms with Crippen LogP contribution in [0.3, 0.4) is 0 Å². The van der Waals surface area contributed by atoms with E-state index in [0.29, 0.717) is 19.3 Å². The normalized spacial score (nSPS) is 12.5. The average Bonchev–Trinajstić information content (AvgIpc) is 3.29. The van der Waals surface area contributed by atoms with Crippen LogP contribution in [0.1, 0.15) is 330 Å². The van der Waals surface area contributed by atoms with Gasteiger partial charge in [-0.25, -0.2) is 0 Å². The molecule has 6 nitrogen and oxygen atoms in total. The number of carbonyl (C=O) groups is 3. The van der Waals surface area contributed by atoms with Crippen molar-refractivity contribution in [2.45, 2.75) is 337 Å². The molecule has 0 rings (SSSR count). The van der Waals surface area contributed by atoms with Gasteiger partial charge in [-0.1, -0.05) is 292 Å². The monoisotopic (exact) mass is 933 g/mol. The Morgan fingerprint density at radius 1 is 0.303 bits per heavy atom. The van der Waals surface area contributed by atoms with Crippen LogP contribution in [0.15, 0.2) is 0 Å². The van der Waals surface area contributed by atoms with Gasteiger partial charge in [0, 0.05) is 19.3 Å². The average molecular weight is 934 g/mol. The molecule has 0 fully saturated rings. The topological polar surface area (TPSA) is 78.9 Å². The first-order valence-corrected chi connectivity index (χ1v) is 29.6. The Hall–Kier alpha value is -1.59. The minimum atomic E-state index is -0.764. The standard InChI is InChI=1S/C60H116O6/c1-7-56(6)48-42-36-30-24-18-12-8-9-13-20-27-33-39-45-51-60(63)66-57(53-65-59(62)50-44-38-32-26-21-15-17-23-29-35-41-47-55(4)5)52-64-58(61)49-43-37-31-25-19-14-10-11-16-22-28-34-40-46-54(2)3/h54-57H,7-53H2,1-6H3/t56?,57-/m0/s1. The molecule has 0 aromatic carbocycles. The summed E-state index contributed by atoms with van der Waals surface area (Å²) in [5.41, 5.74) is 0. The quantitative estimate of drug-likeness (QED) is 0.0343. The molecule has 0 aromatic heterocycles. The van der Waals surface area contributed by atoms with E-state index in [-0.39, 0.29) is 31.1 Å². The first kappa shape index (κ1) is 64.4. The van der Waals surface area contributed by atoms with E-state index in [2.05, 4.69) is 41.5 Å². The fourth-order valence-electron chi connectivity index (χ4n) is 9.14. The third-order valence-corrected chi connectivity index (χ3v) is 14.0. The molecule has 0 saturated carbocycles. The minimum Gasteiger partial charge on any atom is -0.462 e. The maximum Gasteiger partial charge on any atom is 0.306 e. The fourth-order valence-corrected chi connectivity index (χ4v) is 9.14. The highest BCUT2D eigenvalue weighted by Gasteiger charge is 2.19. The van der Waals surface area contributed by atoms with E-state index in [1.807, 2.05) is 0 Å². The van der Waals surface area contributed by atoms with Gasteiger partial charge in [-0.05, 0) is 37.0 Å². The Kier molecular flexibility index (Phi) is 50.0. The first-order chi connectivity index (χ1) is 32.1. The molecule has 2 atom stereocenters. The molecule has 0 saturated heterocycles. The van der Waals surface area contributed by atoms with E-state index in [0.717, 1.165) is 75.5 Å². The van der Waals surface area contributed by atoms with Gasteiger partial charge in [-0.15, -0.1) is 0 Å². The van der Waals surface area contributed by atoms with E-state index in [1.165, 1.54) is 212 Å². The molecule has 392 valence electrons. The van der Waals surface area contributed by atoms with E-state index in [1.54, 1.807) is 0 Å². The number of hydrogen-bond acceptors (Lipinski definition) is 6. The maximum atomic E-state index is 12.9. The third-order valence-electron chi connectivity index (χ3n) is 14.0. The second-order valence-electron chi connectivity index (χ2n) is 21.8. The Labute approximate surface area is 412 Å². The summed E-state index contributed by atoms with van der Waals surface area (Å²) in [5.74, 6) is 1.72. The molecular weight excluding hydrogens is 817 g/mol. The summed E-state index contributed by atoms with van der Waals surface area (Å²) in [6.45, 7) is 13.8. The van der Waals surface area contributed by atoms with Gasteiger partial charge in [0.25, 0.3) is 0 Å². The van der Waals surface area contributed by atoms with Crippen molar-refractivity contribution in [2.24, 2.45) is 17.8 Å². The molecule has 66 heavy (non-hydrogen) atoms. The number of carbonyl (C=O) groups excluding carboxylic acids is 3. The molecule has 0 aliphatic carbocycles. The lowest BCUT2D eigenvalue weighted by atomic mass is 9.99. The van der Waals surface area contributed by atoms with Crippen molar-refractivity contribution in [3.63, 3.8) is 0 Å². The van der Waals surface area contributed by atoms with Crippen LogP contribution in [0.25, 0.3) is 0 Å². The van der Waals surface area contributed by atoms with Gasteiger partial charge in [0.15, 0.2) is 6.10 Å². The van der Waals surface area contributed by atoms with Crippen molar-refractivity contribution in [3.8, 4) is 0 Å². The molecule has 0 heterocycles. The van der Waals surface area contributed by atoms with E-state index in [4.69, 9.17) is 14.2 Å². The first-order valence-electron chi connectivity index (χ1n) is 29.6. The lowest BCUT2D eigenvalue weighted by molar-refractivity contribution is -0.167. The van der Waals surface area contributed by atoms with Crippen LogP contribution in [-0.4, -0.2) is 37.2 Å². The van der Waals surface area contributed by atoms with Crippen LogP contribution in [0.4, 0.5) is 0 Å². The maximum absolute atomic E-state index is 12.9. The lowest BCUT2D eigenvalue weighted by Gasteiger charge is -2.18. The summed E-state index contributed by atoms with van der Waals surface area (Å²) >= 11 is 0. The second kappa shape index (κ2) is 51.3. The molecule has 0 radical (unpaired) electrons. The number of hydrogen-bond donors (Lipinski definition) is 0. The summed E-state index contributed by atoms with van der Waals surface area (Å²) in [6.07, 6.45) is 53.7. The van der Waals surface area contributed by atoms with Crippen LogP contribution < -0.4 is 0 Å². The lowest BCUT2D eigenvalue weighted by Crippen LogP contribution is -2.30. The van der Waals surface area contributed by atoms with Gasteiger partial charge in [0.2, 0.25) is 0 Å². The highest BCUT2D eigenvalue weighted by atomic mass is 16.6. The second-order valence-corrected chi connectivity index (χ2v) is 21.8. The largest absolute Gasteiger partial charge is 0.462 e. The van der Waals surface area contributed by atoms with Crippen molar-refractivity contribution in [3.05, 3.63) is 0 Å². The summed E-state index contributed by atoms with van der Waals surface area (Å²) in [7, 11) is 0.